The molecule has 0 saturated heterocycles. The number of ether oxygens (including phenoxy) is 1. The van der Waals surface area contributed by atoms with Crippen molar-refractivity contribution in [3.63, 3.8) is 0 Å². The molecule has 0 spiro atoms. The van der Waals surface area contributed by atoms with Crippen molar-refractivity contribution in [2.45, 2.75) is 19.5 Å². The van der Waals surface area contributed by atoms with Gasteiger partial charge in [-0.05, 0) is 29.8 Å². The van der Waals surface area contributed by atoms with Crippen LogP contribution in [-0.2, 0) is 16.1 Å². The number of rotatable bonds is 6. The van der Waals surface area contributed by atoms with Gasteiger partial charge in [0.1, 0.15) is 17.6 Å². The van der Waals surface area contributed by atoms with Crippen molar-refractivity contribution in [2.24, 2.45) is 0 Å². The maximum Gasteiger partial charge on any atom is 0.322 e. The van der Waals surface area contributed by atoms with Crippen LogP contribution in [0.15, 0.2) is 36.5 Å². The monoisotopic (exact) mass is 435 g/mol. The summed E-state index contributed by atoms with van der Waals surface area (Å²) >= 11 is 0. The van der Waals surface area contributed by atoms with Gasteiger partial charge in [-0.3, -0.25) is 19.7 Å². The Morgan fingerprint density at radius 3 is 2.78 bits per heavy atom. The molecule has 1 aliphatic heterocycles. The number of hydrogen-bond acceptors (Lipinski definition) is 6. The van der Waals surface area contributed by atoms with Crippen LogP contribution < -0.4 is 20.7 Å². The van der Waals surface area contributed by atoms with Gasteiger partial charge in [-0.15, -0.1) is 0 Å². The first-order valence-electron chi connectivity index (χ1n) is 9.61. The van der Waals surface area contributed by atoms with Crippen molar-refractivity contribution in [3.8, 4) is 17.6 Å². The van der Waals surface area contributed by atoms with E-state index in [2.05, 4.69) is 27.5 Å². The first kappa shape index (κ1) is 22.3. The number of pyridine rings is 1. The minimum atomic E-state index is -0.759. The van der Waals surface area contributed by atoms with E-state index in [4.69, 9.17) is 4.74 Å². The molecule has 5 amide bonds. The van der Waals surface area contributed by atoms with Crippen LogP contribution in [0.25, 0.3) is 0 Å². The number of aromatic nitrogens is 1. The maximum absolute atomic E-state index is 12.8. The fourth-order valence-electron chi connectivity index (χ4n) is 3.11. The number of urea groups is 1. The lowest BCUT2D eigenvalue weighted by molar-refractivity contribution is -0.114. The Morgan fingerprint density at radius 1 is 1.31 bits per heavy atom. The summed E-state index contributed by atoms with van der Waals surface area (Å²) in [5.41, 5.74) is 1.92. The Hall–Kier alpha value is -4.39. The van der Waals surface area contributed by atoms with Crippen LogP contribution in [0.1, 0.15) is 28.4 Å². The highest BCUT2D eigenvalue weighted by Gasteiger charge is 2.29. The van der Waals surface area contributed by atoms with Crippen LogP contribution in [0, 0.1) is 11.8 Å². The second kappa shape index (κ2) is 10.1. The topological polar surface area (TPSA) is 130 Å². The van der Waals surface area contributed by atoms with E-state index in [1.165, 1.54) is 20.2 Å². The molecule has 1 aromatic carbocycles. The number of imide groups is 1. The number of amides is 5. The summed E-state index contributed by atoms with van der Waals surface area (Å²) in [6.07, 6.45) is 1.73. The number of hydrogen-bond donors (Lipinski definition) is 3. The maximum atomic E-state index is 12.8. The van der Waals surface area contributed by atoms with Crippen molar-refractivity contribution in [1.29, 1.82) is 0 Å². The van der Waals surface area contributed by atoms with Crippen LogP contribution in [0.3, 0.4) is 0 Å². The van der Waals surface area contributed by atoms with Gasteiger partial charge in [0.25, 0.3) is 5.91 Å². The number of benzene rings is 1. The molecule has 2 aromatic rings. The number of methoxy groups -OCH3 is 1. The van der Waals surface area contributed by atoms with Crippen LogP contribution in [-0.4, -0.2) is 53.8 Å². The minimum Gasteiger partial charge on any atom is -0.497 e. The van der Waals surface area contributed by atoms with Gasteiger partial charge in [-0.2, -0.15) is 0 Å². The normalized spacial score (nSPS) is 12.7. The molecule has 1 aliphatic rings. The molecule has 32 heavy (non-hydrogen) atoms. The zero-order valence-corrected chi connectivity index (χ0v) is 17.5. The summed E-state index contributed by atoms with van der Waals surface area (Å²) in [7, 11) is 1.53. The van der Waals surface area contributed by atoms with E-state index in [-0.39, 0.29) is 24.8 Å². The van der Waals surface area contributed by atoms with E-state index in [0.717, 1.165) is 5.56 Å². The van der Waals surface area contributed by atoms with E-state index in [0.29, 0.717) is 29.2 Å². The third-order valence-electron chi connectivity index (χ3n) is 4.55. The molecule has 3 N–H and O–H groups in total. The molecule has 0 unspecified atom stereocenters. The van der Waals surface area contributed by atoms with E-state index < -0.39 is 12.1 Å². The Balaban J connectivity index is 1.76. The molecule has 0 radical (unpaired) electrons. The minimum absolute atomic E-state index is 0.104. The van der Waals surface area contributed by atoms with Gasteiger partial charge in [-0.1, -0.05) is 17.9 Å². The summed E-state index contributed by atoms with van der Waals surface area (Å²) in [6, 6.07) is 7.04. The lowest BCUT2D eigenvalue weighted by Crippen LogP contribution is -2.46. The second-order valence-corrected chi connectivity index (χ2v) is 6.88. The van der Waals surface area contributed by atoms with Crippen molar-refractivity contribution >= 4 is 30.1 Å². The van der Waals surface area contributed by atoms with Crippen molar-refractivity contribution in [3.05, 3.63) is 53.2 Å². The molecule has 0 saturated carbocycles. The molecule has 164 valence electrons. The Kier molecular flexibility index (Phi) is 7.02. The zero-order valence-electron chi connectivity index (χ0n) is 17.5. The Bertz CT molecular complexity index is 1100. The second-order valence-electron chi connectivity index (χ2n) is 6.88. The molecule has 1 atom stereocenters. The third-order valence-corrected chi connectivity index (χ3v) is 4.55. The number of carbonyl (C=O) groups is 4. The van der Waals surface area contributed by atoms with Crippen LogP contribution >= 0.6 is 0 Å². The summed E-state index contributed by atoms with van der Waals surface area (Å²) < 4.78 is 5.18. The average Bonchev–Trinajstić information content (AvgIpc) is 3.07. The first-order valence-corrected chi connectivity index (χ1v) is 9.61. The molecule has 0 bridgehead atoms. The highest BCUT2D eigenvalue weighted by molar-refractivity contribution is 5.98. The molecule has 3 rings (SSSR count). The summed E-state index contributed by atoms with van der Waals surface area (Å²) in [5.74, 6) is 6.31. The number of nitrogens with zero attached hydrogens (tertiary/aromatic N) is 2. The van der Waals surface area contributed by atoms with Gasteiger partial charge in [0.2, 0.25) is 12.3 Å². The molecule has 2 heterocycles. The number of carbonyl (C=O) groups excluding carboxylic acids is 4. The van der Waals surface area contributed by atoms with E-state index >= 15 is 0 Å². The SMILES string of the molecule is COc1ccc2c(c1)C(=O)N(C[C@@H](C#Cc1ccc(NC(C)=O)nc1)NC(=O)NC=O)C2. The lowest BCUT2D eigenvalue weighted by atomic mass is 10.1. The Morgan fingerprint density at radius 2 is 2.12 bits per heavy atom. The molecule has 0 aliphatic carbocycles. The zero-order chi connectivity index (χ0) is 23.1. The summed E-state index contributed by atoms with van der Waals surface area (Å²) in [5, 5.41) is 7.13. The van der Waals surface area contributed by atoms with Crippen molar-refractivity contribution in [2.75, 3.05) is 19.0 Å². The van der Waals surface area contributed by atoms with Gasteiger partial charge >= 0.3 is 6.03 Å². The van der Waals surface area contributed by atoms with Crippen LogP contribution in [0.2, 0.25) is 0 Å². The van der Waals surface area contributed by atoms with Gasteiger partial charge in [0, 0.05) is 30.8 Å². The number of nitrogens with one attached hydrogen (secondary N) is 3. The summed E-state index contributed by atoms with van der Waals surface area (Å²) in [6.45, 7) is 1.84. The summed E-state index contributed by atoms with van der Waals surface area (Å²) in [4.78, 5) is 52.0. The van der Waals surface area contributed by atoms with Gasteiger partial charge in [-0.25, -0.2) is 9.78 Å². The van der Waals surface area contributed by atoms with Crippen LogP contribution in [0.4, 0.5) is 10.6 Å². The smallest absolute Gasteiger partial charge is 0.322 e. The van der Waals surface area contributed by atoms with Crippen LogP contribution in [0.5, 0.6) is 5.75 Å². The average molecular weight is 435 g/mol. The van der Waals surface area contributed by atoms with E-state index in [1.54, 1.807) is 29.2 Å². The van der Waals surface area contributed by atoms with Gasteiger partial charge in [0.15, 0.2) is 0 Å². The standard InChI is InChI=1S/C22H21N5O5/c1-14(29)25-20-8-4-15(10-23-20)3-6-17(26-22(31)24-13-28)12-27-11-16-5-7-18(32-2)9-19(16)21(27)30/h4-5,7-10,13,17H,11-12H2,1-2H3,(H,23,25,29)(H2,24,26,28,31)/t17-/m1/s1. The van der Waals surface area contributed by atoms with Crippen molar-refractivity contribution in [1.82, 2.24) is 20.5 Å². The highest BCUT2D eigenvalue weighted by Crippen LogP contribution is 2.26. The molecular formula is C22H21N5O5. The predicted molar refractivity (Wildman–Crippen MR) is 115 cm³/mol. The molecular weight excluding hydrogens is 414 g/mol. The molecule has 0 fully saturated rings. The number of fused-ring (bicyclic) bond motifs is 1. The van der Waals surface area contributed by atoms with Crippen molar-refractivity contribution < 1.29 is 23.9 Å². The largest absolute Gasteiger partial charge is 0.497 e. The first-order chi connectivity index (χ1) is 15.4. The van der Waals surface area contributed by atoms with E-state index in [1.807, 2.05) is 11.4 Å². The predicted octanol–water partition coefficient (Wildman–Crippen LogP) is 0.880. The lowest BCUT2D eigenvalue weighted by Gasteiger charge is -2.21. The fourth-order valence-corrected chi connectivity index (χ4v) is 3.11. The van der Waals surface area contributed by atoms with E-state index in [9.17, 15) is 19.2 Å². The third kappa shape index (κ3) is 5.60. The molecule has 10 heteroatoms. The quantitative estimate of drug-likeness (QED) is 0.456. The number of anilines is 1. The van der Waals surface area contributed by atoms with Gasteiger partial charge < -0.3 is 20.3 Å². The van der Waals surface area contributed by atoms with Gasteiger partial charge in [0.05, 0.1) is 13.7 Å². The molecule has 10 nitrogen and oxygen atoms in total. The fraction of sp³-hybridized carbons (Fsp3) is 0.227. The molecule has 1 aromatic heterocycles. The Labute approximate surface area is 184 Å². The highest BCUT2D eigenvalue weighted by atomic mass is 16.5.